The Balaban J connectivity index is 2.88. The first-order valence-electron chi connectivity index (χ1n) is 4.51. The maximum Gasteiger partial charge on any atom is 0.255 e. The summed E-state index contributed by atoms with van der Waals surface area (Å²) >= 11 is 0. The van der Waals surface area contributed by atoms with Crippen molar-refractivity contribution in [3.63, 3.8) is 0 Å². The fraction of sp³-hybridized carbons (Fsp3) is 0.400. The van der Waals surface area contributed by atoms with E-state index in [4.69, 9.17) is 5.73 Å². The van der Waals surface area contributed by atoms with Gasteiger partial charge in [0.1, 0.15) is 5.82 Å². The third-order valence-electron chi connectivity index (χ3n) is 2.03. The van der Waals surface area contributed by atoms with Gasteiger partial charge in [0.2, 0.25) is 0 Å². The number of nitrogens with zero attached hydrogens (tertiary/aromatic N) is 1. The molecule has 2 nitrogen and oxygen atoms in total. The molecule has 2 N–H and O–H groups in total. The number of hydrogen-bond acceptors (Lipinski definition) is 2. The van der Waals surface area contributed by atoms with Crippen LogP contribution in [-0.2, 0) is 6.54 Å². The van der Waals surface area contributed by atoms with Crippen molar-refractivity contribution >= 4 is 5.69 Å². The Morgan fingerprint density at radius 2 is 2.00 bits per heavy atom. The van der Waals surface area contributed by atoms with Crippen LogP contribution < -0.4 is 10.6 Å². The number of alkyl halides is 2. The molecule has 0 aromatic heterocycles. The molecule has 0 atom stereocenters. The van der Waals surface area contributed by atoms with Crippen LogP contribution in [0.2, 0.25) is 0 Å². The van der Waals surface area contributed by atoms with E-state index < -0.39 is 18.8 Å². The number of rotatable bonds is 4. The number of nitrogens with two attached hydrogens (primary N) is 1. The van der Waals surface area contributed by atoms with Crippen LogP contribution in [0.25, 0.3) is 0 Å². The van der Waals surface area contributed by atoms with E-state index in [0.717, 1.165) is 0 Å². The molecule has 1 rings (SSSR count). The fourth-order valence-electron chi connectivity index (χ4n) is 1.28. The fourth-order valence-corrected chi connectivity index (χ4v) is 1.28. The highest BCUT2D eigenvalue weighted by atomic mass is 19.3. The third-order valence-corrected chi connectivity index (χ3v) is 2.03. The van der Waals surface area contributed by atoms with Crippen molar-refractivity contribution in [1.82, 2.24) is 0 Å². The second-order valence-electron chi connectivity index (χ2n) is 3.29. The van der Waals surface area contributed by atoms with Crippen LogP contribution in [0.5, 0.6) is 0 Å². The molecule has 5 heteroatoms. The quantitative estimate of drug-likeness (QED) is 0.837. The van der Waals surface area contributed by atoms with E-state index in [-0.39, 0.29) is 6.54 Å². The van der Waals surface area contributed by atoms with Gasteiger partial charge in [-0.1, -0.05) is 0 Å². The Kier molecular flexibility index (Phi) is 3.96. The van der Waals surface area contributed by atoms with E-state index >= 15 is 0 Å². The molecule has 0 fully saturated rings. The molecule has 84 valence electrons. The van der Waals surface area contributed by atoms with Gasteiger partial charge in [0.05, 0.1) is 6.54 Å². The Hall–Kier alpha value is -1.23. The molecule has 0 amide bonds. The topological polar surface area (TPSA) is 29.3 Å². The van der Waals surface area contributed by atoms with Gasteiger partial charge in [0, 0.05) is 19.3 Å². The van der Waals surface area contributed by atoms with Gasteiger partial charge in [0.25, 0.3) is 6.43 Å². The van der Waals surface area contributed by atoms with Gasteiger partial charge >= 0.3 is 0 Å². The summed E-state index contributed by atoms with van der Waals surface area (Å²) in [6, 6.07) is 4.10. The number of halogens is 3. The third kappa shape index (κ3) is 3.43. The largest absolute Gasteiger partial charge is 0.369 e. The Morgan fingerprint density at radius 3 is 2.53 bits per heavy atom. The van der Waals surface area contributed by atoms with Gasteiger partial charge in [-0.25, -0.2) is 13.2 Å². The normalized spacial score (nSPS) is 10.8. The van der Waals surface area contributed by atoms with Crippen LogP contribution in [0.4, 0.5) is 18.9 Å². The van der Waals surface area contributed by atoms with Crippen LogP contribution in [0.1, 0.15) is 5.56 Å². The number of anilines is 1. The van der Waals surface area contributed by atoms with Crippen LogP contribution in [0.3, 0.4) is 0 Å². The molecular formula is C10H13F3N2. The van der Waals surface area contributed by atoms with Crippen LogP contribution >= 0.6 is 0 Å². The lowest BCUT2D eigenvalue weighted by atomic mass is 10.2. The molecule has 0 aliphatic rings. The molecule has 1 aromatic rings. The first-order valence-corrected chi connectivity index (χ1v) is 4.51. The Labute approximate surface area is 86.5 Å². The highest BCUT2D eigenvalue weighted by Gasteiger charge is 2.10. The van der Waals surface area contributed by atoms with Crippen LogP contribution in [0, 0.1) is 5.82 Å². The summed E-state index contributed by atoms with van der Waals surface area (Å²) in [6.45, 7) is -0.235. The second-order valence-corrected chi connectivity index (χ2v) is 3.29. The van der Waals surface area contributed by atoms with Crippen molar-refractivity contribution in [2.45, 2.75) is 13.0 Å². The van der Waals surface area contributed by atoms with Crippen molar-refractivity contribution in [2.75, 3.05) is 18.5 Å². The maximum absolute atomic E-state index is 13.0. The number of benzene rings is 1. The summed E-state index contributed by atoms with van der Waals surface area (Å²) < 4.78 is 37.2. The van der Waals surface area contributed by atoms with Gasteiger partial charge < -0.3 is 10.6 Å². The minimum atomic E-state index is -2.44. The summed E-state index contributed by atoms with van der Waals surface area (Å²) in [4.78, 5) is 1.30. The van der Waals surface area contributed by atoms with E-state index in [9.17, 15) is 13.2 Å². The predicted molar refractivity (Wildman–Crippen MR) is 53.6 cm³/mol. The molecule has 0 bridgehead atoms. The van der Waals surface area contributed by atoms with Gasteiger partial charge in [0.15, 0.2) is 0 Å². The standard InChI is InChI=1S/C10H13F3N2/c1-15(6-10(12)13)9-3-7(5-14)2-8(11)4-9/h2-4,10H,5-6,14H2,1H3. The second kappa shape index (κ2) is 5.02. The van der Waals surface area contributed by atoms with E-state index in [2.05, 4.69) is 0 Å². The minimum Gasteiger partial charge on any atom is -0.369 e. The summed E-state index contributed by atoms with van der Waals surface area (Å²) in [6.07, 6.45) is -2.44. The molecule has 0 saturated heterocycles. The number of hydrogen-bond donors (Lipinski definition) is 1. The molecule has 15 heavy (non-hydrogen) atoms. The van der Waals surface area contributed by atoms with Crippen LogP contribution in [-0.4, -0.2) is 20.0 Å². The monoisotopic (exact) mass is 218 g/mol. The Morgan fingerprint density at radius 1 is 1.33 bits per heavy atom. The highest BCUT2D eigenvalue weighted by Crippen LogP contribution is 2.18. The van der Waals surface area contributed by atoms with Crippen molar-refractivity contribution in [1.29, 1.82) is 0 Å². The SMILES string of the molecule is CN(CC(F)F)c1cc(F)cc(CN)c1. The highest BCUT2D eigenvalue weighted by molar-refractivity contribution is 5.48. The lowest BCUT2D eigenvalue weighted by Crippen LogP contribution is -2.24. The average molecular weight is 218 g/mol. The molecule has 0 unspecified atom stereocenters. The summed E-state index contributed by atoms with van der Waals surface area (Å²) in [5.74, 6) is -0.464. The first kappa shape index (κ1) is 11.8. The predicted octanol–water partition coefficient (Wildman–Crippen LogP) is 1.99. The van der Waals surface area contributed by atoms with Gasteiger partial charge in [-0.05, 0) is 23.8 Å². The lowest BCUT2D eigenvalue weighted by Gasteiger charge is -2.19. The lowest BCUT2D eigenvalue weighted by molar-refractivity contribution is 0.156. The van der Waals surface area contributed by atoms with E-state index in [1.807, 2.05) is 0 Å². The molecule has 0 aliphatic heterocycles. The minimum absolute atomic E-state index is 0.188. The summed E-state index contributed by atoms with van der Waals surface area (Å²) in [5, 5.41) is 0. The zero-order valence-electron chi connectivity index (χ0n) is 8.38. The van der Waals surface area contributed by atoms with Gasteiger partial charge in [-0.3, -0.25) is 0 Å². The zero-order valence-corrected chi connectivity index (χ0v) is 8.38. The molecule has 0 saturated carbocycles. The molecule has 0 radical (unpaired) electrons. The van der Waals surface area contributed by atoms with Crippen LogP contribution in [0.15, 0.2) is 18.2 Å². The summed E-state index contributed by atoms with van der Waals surface area (Å²) in [5.41, 5.74) is 6.36. The molecule has 1 aromatic carbocycles. The maximum atomic E-state index is 13.0. The Bertz CT molecular complexity index is 328. The smallest absolute Gasteiger partial charge is 0.255 e. The van der Waals surface area contributed by atoms with Gasteiger partial charge in [-0.2, -0.15) is 0 Å². The average Bonchev–Trinajstić information content (AvgIpc) is 2.15. The van der Waals surface area contributed by atoms with E-state index in [1.165, 1.54) is 24.1 Å². The molecule has 0 spiro atoms. The van der Waals surface area contributed by atoms with Crippen molar-refractivity contribution < 1.29 is 13.2 Å². The van der Waals surface area contributed by atoms with Crippen molar-refractivity contribution in [3.8, 4) is 0 Å². The van der Waals surface area contributed by atoms with Crippen molar-refractivity contribution in [2.24, 2.45) is 5.73 Å². The molecule has 0 heterocycles. The zero-order chi connectivity index (χ0) is 11.4. The van der Waals surface area contributed by atoms with E-state index in [1.54, 1.807) is 6.07 Å². The summed E-state index contributed by atoms with van der Waals surface area (Å²) in [7, 11) is 1.49. The van der Waals surface area contributed by atoms with Gasteiger partial charge in [-0.15, -0.1) is 0 Å². The first-order chi connectivity index (χ1) is 7.02. The molecular weight excluding hydrogens is 205 g/mol. The molecule has 0 aliphatic carbocycles. The van der Waals surface area contributed by atoms with E-state index in [0.29, 0.717) is 11.3 Å². The van der Waals surface area contributed by atoms with Crippen molar-refractivity contribution in [3.05, 3.63) is 29.6 Å².